The van der Waals surface area contributed by atoms with Crippen molar-refractivity contribution in [1.29, 1.82) is 0 Å². The van der Waals surface area contributed by atoms with Crippen LogP contribution in [-0.2, 0) is 0 Å². The van der Waals surface area contributed by atoms with Crippen molar-refractivity contribution in [2.24, 2.45) is 0 Å². The first-order valence-electron chi connectivity index (χ1n) is 5.83. The van der Waals surface area contributed by atoms with Crippen LogP contribution in [0.1, 0.15) is 42.9 Å². The van der Waals surface area contributed by atoms with Crippen LogP contribution in [0.15, 0.2) is 18.2 Å². The molecule has 1 aromatic carbocycles. The van der Waals surface area contributed by atoms with E-state index < -0.39 is 0 Å². The van der Waals surface area contributed by atoms with Gasteiger partial charge in [0.25, 0.3) is 0 Å². The molecule has 1 saturated heterocycles. The van der Waals surface area contributed by atoms with Crippen LogP contribution in [0, 0.1) is 13.8 Å². The van der Waals surface area contributed by atoms with Crippen LogP contribution in [0.2, 0.25) is 0 Å². The van der Waals surface area contributed by atoms with Crippen molar-refractivity contribution in [3.8, 4) is 0 Å². The minimum absolute atomic E-state index is 0.249. The predicted octanol–water partition coefficient (Wildman–Crippen LogP) is 3.16. The highest BCUT2D eigenvalue weighted by molar-refractivity contribution is 5.36. The summed E-state index contributed by atoms with van der Waals surface area (Å²) < 4.78 is 0. The number of rotatable bonds is 1. The van der Waals surface area contributed by atoms with Gasteiger partial charge in [-0.25, -0.2) is 0 Å². The van der Waals surface area contributed by atoms with Gasteiger partial charge in [0.15, 0.2) is 0 Å². The fourth-order valence-electron chi connectivity index (χ4n) is 2.70. The van der Waals surface area contributed by atoms with E-state index in [9.17, 15) is 0 Å². The molecule has 2 rings (SSSR count). The molecule has 0 aromatic heterocycles. The summed E-state index contributed by atoms with van der Waals surface area (Å²) in [5.74, 6) is 0.664. The zero-order valence-corrected chi connectivity index (χ0v) is 10.2. The molecule has 1 heterocycles. The molecule has 1 atom stereocenters. The minimum atomic E-state index is 0.249. The van der Waals surface area contributed by atoms with Gasteiger partial charge in [0.1, 0.15) is 0 Å². The molecule has 1 aromatic rings. The zero-order valence-electron chi connectivity index (χ0n) is 10.2. The quantitative estimate of drug-likeness (QED) is 0.739. The molecule has 1 nitrogen and oxygen atoms in total. The first-order chi connectivity index (χ1) is 7.00. The number of hydrogen-bond acceptors (Lipinski definition) is 1. The third kappa shape index (κ3) is 1.93. The molecular weight excluding hydrogens is 182 g/mol. The molecular formula is C14H21N. The molecule has 1 unspecified atom stereocenters. The average Bonchev–Trinajstić information content (AvgIpc) is 2.50. The SMILES string of the molecule is Cc1ccc(C)c(C2CCNC2(C)C)c1. The predicted molar refractivity (Wildman–Crippen MR) is 65.4 cm³/mol. The molecule has 1 N–H and O–H groups in total. The third-order valence-corrected chi connectivity index (χ3v) is 3.69. The fraction of sp³-hybridized carbons (Fsp3) is 0.571. The van der Waals surface area contributed by atoms with E-state index in [2.05, 4.69) is 51.2 Å². The number of nitrogens with one attached hydrogen (secondary N) is 1. The van der Waals surface area contributed by atoms with E-state index in [0.717, 1.165) is 6.54 Å². The number of hydrogen-bond donors (Lipinski definition) is 1. The second kappa shape index (κ2) is 3.64. The van der Waals surface area contributed by atoms with Gasteiger partial charge in [0, 0.05) is 11.5 Å². The summed E-state index contributed by atoms with van der Waals surface area (Å²) in [6, 6.07) is 6.81. The van der Waals surface area contributed by atoms with Crippen LogP contribution in [0.3, 0.4) is 0 Å². The average molecular weight is 203 g/mol. The maximum atomic E-state index is 3.59. The van der Waals surface area contributed by atoms with Gasteiger partial charge in [-0.1, -0.05) is 23.8 Å². The van der Waals surface area contributed by atoms with Gasteiger partial charge in [0.2, 0.25) is 0 Å². The Morgan fingerprint density at radius 3 is 2.60 bits per heavy atom. The van der Waals surface area contributed by atoms with Gasteiger partial charge >= 0.3 is 0 Å². The number of benzene rings is 1. The molecule has 0 amide bonds. The Bertz CT molecular complexity index is 366. The van der Waals surface area contributed by atoms with E-state index in [1.54, 1.807) is 0 Å². The first-order valence-corrected chi connectivity index (χ1v) is 5.83. The Morgan fingerprint density at radius 1 is 1.27 bits per heavy atom. The fourth-order valence-corrected chi connectivity index (χ4v) is 2.70. The molecule has 0 radical (unpaired) electrons. The molecule has 15 heavy (non-hydrogen) atoms. The highest BCUT2D eigenvalue weighted by Gasteiger charge is 2.35. The molecule has 1 aliphatic heterocycles. The summed E-state index contributed by atoms with van der Waals surface area (Å²) in [7, 11) is 0. The second-order valence-electron chi connectivity index (χ2n) is 5.35. The smallest absolute Gasteiger partial charge is 0.0194 e. The molecule has 1 heteroatoms. The lowest BCUT2D eigenvalue weighted by Gasteiger charge is -2.29. The maximum absolute atomic E-state index is 3.59. The molecule has 0 aliphatic carbocycles. The Labute approximate surface area is 92.9 Å². The van der Waals surface area contributed by atoms with Crippen LogP contribution >= 0.6 is 0 Å². The highest BCUT2D eigenvalue weighted by Crippen LogP contribution is 2.37. The van der Waals surface area contributed by atoms with E-state index in [1.807, 2.05) is 0 Å². The van der Waals surface area contributed by atoms with Gasteiger partial charge < -0.3 is 5.32 Å². The summed E-state index contributed by atoms with van der Waals surface area (Å²) in [5, 5.41) is 3.59. The summed E-state index contributed by atoms with van der Waals surface area (Å²) >= 11 is 0. The van der Waals surface area contributed by atoms with Crippen LogP contribution in [0.4, 0.5) is 0 Å². The molecule has 82 valence electrons. The van der Waals surface area contributed by atoms with Gasteiger partial charge in [-0.3, -0.25) is 0 Å². The Morgan fingerprint density at radius 2 is 2.00 bits per heavy atom. The molecule has 0 saturated carbocycles. The van der Waals surface area contributed by atoms with Crippen LogP contribution < -0.4 is 5.32 Å². The minimum Gasteiger partial charge on any atom is -0.311 e. The first kappa shape index (κ1) is 10.7. The van der Waals surface area contributed by atoms with Gasteiger partial charge in [-0.2, -0.15) is 0 Å². The van der Waals surface area contributed by atoms with Crippen molar-refractivity contribution in [2.45, 2.75) is 45.6 Å². The Balaban J connectivity index is 2.40. The van der Waals surface area contributed by atoms with Gasteiger partial charge in [0.05, 0.1) is 0 Å². The van der Waals surface area contributed by atoms with E-state index in [1.165, 1.54) is 23.1 Å². The van der Waals surface area contributed by atoms with E-state index in [4.69, 9.17) is 0 Å². The van der Waals surface area contributed by atoms with E-state index in [-0.39, 0.29) is 5.54 Å². The largest absolute Gasteiger partial charge is 0.311 e. The molecule has 0 spiro atoms. The Kier molecular flexibility index (Phi) is 2.59. The summed E-state index contributed by atoms with van der Waals surface area (Å²) in [4.78, 5) is 0. The van der Waals surface area contributed by atoms with Gasteiger partial charge in [-0.05, 0) is 51.8 Å². The van der Waals surface area contributed by atoms with Crippen molar-refractivity contribution in [3.05, 3.63) is 34.9 Å². The topological polar surface area (TPSA) is 12.0 Å². The molecule has 1 fully saturated rings. The van der Waals surface area contributed by atoms with Gasteiger partial charge in [-0.15, -0.1) is 0 Å². The van der Waals surface area contributed by atoms with E-state index in [0.29, 0.717) is 5.92 Å². The van der Waals surface area contributed by atoms with Crippen molar-refractivity contribution in [2.75, 3.05) is 6.54 Å². The van der Waals surface area contributed by atoms with Crippen molar-refractivity contribution in [3.63, 3.8) is 0 Å². The van der Waals surface area contributed by atoms with Crippen molar-refractivity contribution >= 4 is 0 Å². The van der Waals surface area contributed by atoms with Crippen LogP contribution in [-0.4, -0.2) is 12.1 Å². The van der Waals surface area contributed by atoms with Crippen LogP contribution in [0.5, 0.6) is 0 Å². The van der Waals surface area contributed by atoms with Crippen LogP contribution in [0.25, 0.3) is 0 Å². The lowest BCUT2D eigenvalue weighted by Crippen LogP contribution is -2.37. The highest BCUT2D eigenvalue weighted by atomic mass is 15.0. The normalized spacial score (nSPS) is 24.4. The standard InChI is InChI=1S/C14H21N/c1-10-5-6-11(2)12(9-10)13-7-8-15-14(13,3)4/h5-6,9,13,15H,7-8H2,1-4H3. The Hall–Kier alpha value is -0.820. The monoisotopic (exact) mass is 203 g/mol. The lowest BCUT2D eigenvalue weighted by molar-refractivity contribution is 0.410. The maximum Gasteiger partial charge on any atom is 0.0194 e. The summed E-state index contributed by atoms with van der Waals surface area (Å²) in [5.41, 5.74) is 4.59. The second-order valence-corrected chi connectivity index (χ2v) is 5.35. The number of aryl methyl sites for hydroxylation is 2. The van der Waals surface area contributed by atoms with Crippen molar-refractivity contribution in [1.82, 2.24) is 5.32 Å². The zero-order chi connectivity index (χ0) is 11.1. The third-order valence-electron chi connectivity index (χ3n) is 3.69. The summed E-state index contributed by atoms with van der Waals surface area (Å²) in [6.45, 7) is 10.2. The lowest BCUT2D eigenvalue weighted by atomic mass is 9.81. The molecule has 1 aliphatic rings. The summed E-state index contributed by atoms with van der Waals surface area (Å²) in [6.07, 6.45) is 1.26. The van der Waals surface area contributed by atoms with E-state index >= 15 is 0 Å². The molecule has 0 bridgehead atoms. The van der Waals surface area contributed by atoms with Crippen molar-refractivity contribution < 1.29 is 0 Å².